The minimum atomic E-state index is -0.456. The number of ether oxygens (including phenoxy) is 3. The molecular weight excluding hydrogens is 212 g/mol. The van der Waals surface area contributed by atoms with Gasteiger partial charge in [-0.1, -0.05) is 0 Å². The van der Waals surface area contributed by atoms with Crippen LogP contribution in [0.2, 0.25) is 0 Å². The molecule has 0 radical (unpaired) electrons. The summed E-state index contributed by atoms with van der Waals surface area (Å²) in [4.78, 5) is 22.3. The van der Waals surface area contributed by atoms with Crippen molar-refractivity contribution in [2.45, 2.75) is 38.9 Å². The first kappa shape index (κ1) is 15.1. The number of hydrogen-bond donors (Lipinski definition) is 0. The molecule has 0 aromatic rings. The van der Waals surface area contributed by atoms with E-state index in [0.29, 0.717) is 25.9 Å². The van der Waals surface area contributed by atoms with Gasteiger partial charge in [-0.2, -0.15) is 0 Å². The zero-order chi connectivity index (χ0) is 12.4. The van der Waals surface area contributed by atoms with Crippen molar-refractivity contribution in [1.82, 2.24) is 0 Å². The minimum Gasteiger partial charge on any atom is -0.466 e. The highest BCUT2D eigenvalue weighted by molar-refractivity contribution is 5.95. The smallest absolute Gasteiger partial charge is 0.313 e. The molecule has 0 atom stereocenters. The van der Waals surface area contributed by atoms with Crippen LogP contribution < -0.4 is 0 Å². The minimum absolute atomic E-state index is 0.107. The Kier molecular flexibility index (Phi) is 8.75. The predicted molar refractivity (Wildman–Crippen MR) is 57.9 cm³/mol. The van der Waals surface area contributed by atoms with E-state index in [-0.39, 0.29) is 18.5 Å². The van der Waals surface area contributed by atoms with E-state index < -0.39 is 5.97 Å². The lowest BCUT2D eigenvalue weighted by Gasteiger charge is -2.12. The lowest BCUT2D eigenvalue weighted by Crippen LogP contribution is -2.14. The Labute approximate surface area is 96.1 Å². The van der Waals surface area contributed by atoms with Gasteiger partial charge < -0.3 is 14.2 Å². The Morgan fingerprint density at radius 1 is 1.19 bits per heavy atom. The summed E-state index contributed by atoms with van der Waals surface area (Å²) in [5, 5.41) is 0. The zero-order valence-electron chi connectivity index (χ0n) is 10.2. The average molecular weight is 232 g/mol. The normalized spacial score (nSPS) is 10.5. The second kappa shape index (κ2) is 9.30. The van der Waals surface area contributed by atoms with Crippen LogP contribution in [0.4, 0.5) is 0 Å². The summed E-state index contributed by atoms with van der Waals surface area (Å²) >= 11 is 0. The number of hydrogen-bond acceptors (Lipinski definition) is 5. The van der Waals surface area contributed by atoms with Gasteiger partial charge in [0.2, 0.25) is 0 Å². The molecule has 0 amide bonds. The molecule has 5 nitrogen and oxygen atoms in total. The van der Waals surface area contributed by atoms with E-state index in [0.717, 1.165) is 0 Å². The highest BCUT2D eigenvalue weighted by Crippen LogP contribution is 2.06. The molecule has 0 aromatic carbocycles. The van der Waals surface area contributed by atoms with Crippen LogP contribution in [0.15, 0.2) is 0 Å². The molecule has 0 aliphatic heterocycles. The molecule has 0 fully saturated rings. The van der Waals surface area contributed by atoms with Crippen molar-refractivity contribution in [3.63, 3.8) is 0 Å². The third kappa shape index (κ3) is 7.36. The third-order valence-corrected chi connectivity index (χ3v) is 2.07. The van der Waals surface area contributed by atoms with Gasteiger partial charge in [-0.25, -0.2) is 0 Å². The number of carbonyl (C=O) groups excluding carboxylic acids is 2. The molecule has 16 heavy (non-hydrogen) atoms. The van der Waals surface area contributed by atoms with Crippen molar-refractivity contribution in [2.24, 2.45) is 0 Å². The SMILES string of the molecule is CCOC(=O)CC(=O)CCCC(OC)OC. The van der Waals surface area contributed by atoms with Gasteiger partial charge in [0.25, 0.3) is 0 Å². The quantitative estimate of drug-likeness (QED) is 0.340. The molecule has 0 rings (SSSR count). The molecule has 0 aliphatic carbocycles. The summed E-state index contributed by atoms with van der Waals surface area (Å²) in [5.41, 5.74) is 0. The highest BCUT2D eigenvalue weighted by Gasteiger charge is 2.11. The predicted octanol–water partition coefficient (Wildman–Crippen LogP) is 1.30. The average Bonchev–Trinajstić information content (AvgIpc) is 2.24. The molecular formula is C11H20O5. The van der Waals surface area contributed by atoms with Crippen molar-refractivity contribution in [3.05, 3.63) is 0 Å². The maximum absolute atomic E-state index is 11.3. The van der Waals surface area contributed by atoms with Crippen LogP contribution in [-0.2, 0) is 23.8 Å². The molecule has 0 heterocycles. The van der Waals surface area contributed by atoms with Crippen LogP contribution in [0.5, 0.6) is 0 Å². The van der Waals surface area contributed by atoms with Crippen LogP contribution in [0, 0.1) is 0 Å². The molecule has 0 aromatic heterocycles. The topological polar surface area (TPSA) is 61.8 Å². The van der Waals surface area contributed by atoms with Gasteiger partial charge >= 0.3 is 5.97 Å². The molecule has 0 saturated carbocycles. The summed E-state index contributed by atoms with van der Waals surface area (Å²) in [6.07, 6.45) is 1.21. The molecule has 0 bridgehead atoms. The number of methoxy groups -OCH3 is 2. The van der Waals surface area contributed by atoms with E-state index in [1.807, 2.05) is 0 Å². The third-order valence-electron chi connectivity index (χ3n) is 2.07. The van der Waals surface area contributed by atoms with Crippen LogP contribution >= 0.6 is 0 Å². The molecule has 5 heteroatoms. The lowest BCUT2D eigenvalue weighted by molar-refractivity contribution is -0.145. The summed E-state index contributed by atoms with van der Waals surface area (Å²) in [5.74, 6) is -0.563. The van der Waals surface area contributed by atoms with E-state index in [2.05, 4.69) is 4.74 Å². The van der Waals surface area contributed by atoms with E-state index in [1.54, 1.807) is 21.1 Å². The molecule has 94 valence electrons. The summed E-state index contributed by atoms with van der Waals surface area (Å²) in [6.45, 7) is 2.02. The molecule has 0 spiro atoms. The first-order valence-electron chi connectivity index (χ1n) is 5.36. The standard InChI is InChI=1S/C11H20O5/c1-4-16-10(13)8-9(12)6-5-7-11(14-2)15-3/h11H,4-8H2,1-3H3. The fourth-order valence-electron chi connectivity index (χ4n) is 1.26. The molecule has 0 aliphatic rings. The van der Waals surface area contributed by atoms with Crippen molar-refractivity contribution in [2.75, 3.05) is 20.8 Å². The highest BCUT2D eigenvalue weighted by atomic mass is 16.7. The van der Waals surface area contributed by atoms with Gasteiger partial charge in [-0.3, -0.25) is 9.59 Å². The fourth-order valence-corrected chi connectivity index (χ4v) is 1.26. The Hall–Kier alpha value is -0.940. The summed E-state index contributed by atoms with van der Waals surface area (Å²) in [6, 6.07) is 0. The van der Waals surface area contributed by atoms with Crippen molar-refractivity contribution in [3.8, 4) is 0 Å². The maximum atomic E-state index is 11.3. The second-order valence-electron chi connectivity index (χ2n) is 3.31. The fraction of sp³-hybridized carbons (Fsp3) is 0.818. The number of rotatable bonds is 9. The first-order chi connectivity index (χ1) is 7.63. The van der Waals surface area contributed by atoms with Gasteiger partial charge in [0.15, 0.2) is 6.29 Å². The van der Waals surface area contributed by atoms with Crippen LogP contribution in [0.1, 0.15) is 32.6 Å². The number of esters is 1. The van der Waals surface area contributed by atoms with Gasteiger partial charge in [0, 0.05) is 20.6 Å². The molecule has 0 saturated heterocycles. The zero-order valence-corrected chi connectivity index (χ0v) is 10.2. The maximum Gasteiger partial charge on any atom is 0.313 e. The van der Waals surface area contributed by atoms with E-state index in [1.165, 1.54) is 0 Å². The van der Waals surface area contributed by atoms with E-state index in [4.69, 9.17) is 9.47 Å². The van der Waals surface area contributed by atoms with Crippen LogP contribution in [-0.4, -0.2) is 38.9 Å². The lowest BCUT2D eigenvalue weighted by atomic mass is 10.1. The Bertz CT molecular complexity index is 210. The molecule has 0 N–H and O–H groups in total. The monoisotopic (exact) mass is 232 g/mol. The van der Waals surface area contributed by atoms with E-state index >= 15 is 0 Å². The Balaban J connectivity index is 3.61. The summed E-state index contributed by atoms with van der Waals surface area (Å²) < 4.78 is 14.6. The van der Waals surface area contributed by atoms with Crippen molar-refractivity contribution < 1.29 is 23.8 Å². The van der Waals surface area contributed by atoms with Gasteiger partial charge in [0.1, 0.15) is 12.2 Å². The van der Waals surface area contributed by atoms with Crippen molar-refractivity contribution in [1.29, 1.82) is 0 Å². The second-order valence-corrected chi connectivity index (χ2v) is 3.31. The van der Waals surface area contributed by atoms with Crippen LogP contribution in [0.3, 0.4) is 0 Å². The first-order valence-corrected chi connectivity index (χ1v) is 5.36. The van der Waals surface area contributed by atoms with Gasteiger partial charge in [-0.15, -0.1) is 0 Å². The van der Waals surface area contributed by atoms with Crippen molar-refractivity contribution >= 4 is 11.8 Å². The number of Topliss-reactive ketones (excluding diaryl/α,β-unsaturated/α-hetero) is 1. The summed E-state index contributed by atoms with van der Waals surface area (Å²) in [7, 11) is 3.10. The van der Waals surface area contributed by atoms with Gasteiger partial charge in [-0.05, 0) is 19.8 Å². The number of ketones is 1. The number of carbonyl (C=O) groups is 2. The largest absolute Gasteiger partial charge is 0.466 e. The van der Waals surface area contributed by atoms with Crippen LogP contribution in [0.25, 0.3) is 0 Å². The molecule has 0 unspecified atom stereocenters. The Morgan fingerprint density at radius 3 is 2.31 bits per heavy atom. The Morgan fingerprint density at radius 2 is 1.81 bits per heavy atom. The van der Waals surface area contributed by atoms with Gasteiger partial charge in [0.05, 0.1) is 6.61 Å². The van der Waals surface area contributed by atoms with E-state index in [9.17, 15) is 9.59 Å².